The topological polar surface area (TPSA) is 52.6 Å². The average Bonchev–Trinajstić information content (AvgIpc) is 2.47. The van der Waals surface area contributed by atoms with E-state index in [9.17, 15) is 9.59 Å². The van der Waals surface area contributed by atoms with E-state index in [1.807, 2.05) is 6.92 Å². The number of fused-ring (bicyclic) bond motifs is 2. The van der Waals surface area contributed by atoms with Crippen molar-refractivity contribution in [1.82, 2.24) is 0 Å². The molecular weight excluding hydrogens is 184 g/mol. The van der Waals surface area contributed by atoms with Gasteiger partial charge in [-0.15, -0.1) is 0 Å². The van der Waals surface area contributed by atoms with Crippen molar-refractivity contribution in [3.63, 3.8) is 0 Å². The molecule has 2 aliphatic rings. The van der Waals surface area contributed by atoms with Crippen LogP contribution in [0.2, 0.25) is 0 Å². The van der Waals surface area contributed by atoms with Gasteiger partial charge in [0.25, 0.3) is 0 Å². The molecule has 4 heteroatoms. The fourth-order valence-electron chi connectivity index (χ4n) is 2.35. The van der Waals surface area contributed by atoms with Gasteiger partial charge in [-0.05, 0) is 19.8 Å². The van der Waals surface area contributed by atoms with Gasteiger partial charge in [-0.1, -0.05) is 0 Å². The van der Waals surface area contributed by atoms with Gasteiger partial charge in [0, 0.05) is 6.42 Å². The molecule has 3 atom stereocenters. The first-order valence-corrected chi connectivity index (χ1v) is 4.84. The standard InChI is InChI=1S/C10H14O4/c1-10-4-3-7(11)8(14-10)6(5-10)9(12)13-2/h6,8H,3-5H2,1-2H3/t6-,8+,10+/m0/s1. The van der Waals surface area contributed by atoms with Gasteiger partial charge in [-0.3, -0.25) is 9.59 Å². The van der Waals surface area contributed by atoms with Crippen LogP contribution >= 0.6 is 0 Å². The van der Waals surface area contributed by atoms with E-state index in [4.69, 9.17) is 4.74 Å². The Balaban J connectivity index is 2.22. The second-order valence-corrected chi connectivity index (χ2v) is 4.29. The smallest absolute Gasteiger partial charge is 0.311 e. The molecule has 0 spiro atoms. The van der Waals surface area contributed by atoms with Crippen molar-refractivity contribution >= 4 is 11.8 Å². The van der Waals surface area contributed by atoms with E-state index in [1.165, 1.54) is 7.11 Å². The summed E-state index contributed by atoms with van der Waals surface area (Å²) >= 11 is 0. The third-order valence-electron chi connectivity index (χ3n) is 3.15. The number of ketones is 1. The Morgan fingerprint density at radius 3 is 3.00 bits per heavy atom. The van der Waals surface area contributed by atoms with Crippen LogP contribution in [0, 0.1) is 5.92 Å². The van der Waals surface area contributed by atoms with Crippen LogP contribution < -0.4 is 0 Å². The summed E-state index contributed by atoms with van der Waals surface area (Å²) in [4.78, 5) is 22.9. The molecule has 0 aromatic rings. The number of Topliss-reactive ketones (excluding diaryl/α,β-unsaturated/α-hetero) is 1. The Kier molecular flexibility index (Phi) is 2.10. The zero-order valence-electron chi connectivity index (χ0n) is 8.41. The zero-order valence-corrected chi connectivity index (χ0v) is 8.41. The van der Waals surface area contributed by atoms with Gasteiger partial charge in [-0.2, -0.15) is 0 Å². The van der Waals surface area contributed by atoms with Gasteiger partial charge in [0.15, 0.2) is 5.78 Å². The second kappa shape index (κ2) is 3.05. The fourth-order valence-corrected chi connectivity index (χ4v) is 2.35. The molecule has 0 aromatic heterocycles. The SMILES string of the molecule is COC(=O)[C@H]1C[C@@]2(C)CCC(=O)[C@@H]1O2. The van der Waals surface area contributed by atoms with E-state index in [2.05, 4.69) is 4.74 Å². The van der Waals surface area contributed by atoms with Gasteiger partial charge in [0.1, 0.15) is 6.10 Å². The number of carbonyl (C=O) groups excluding carboxylic acids is 2. The summed E-state index contributed by atoms with van der Waals surface area (Å²) in [7, 11) is 1.34. The second-order valence-electron chi connectivity index (χ2n) is 4.29. The van der Waals surface area contributed by atoms with Crippen LogP contribution in [0.25, 0.3) is 0 Å². The van der Waals surface area contributed by atoms with Crippen LogP contribution in [0.15, 0.2) is 0 Å². The first-order valence-electron chi connectivity index (χ1n) is 4.84. The third-order valence-corrected chi connectivity index (χ3v) is 3.15. The highest BCUT2D eigenvalue weighted by Gasteiger charge is 2.53. The van der Waals surface area contributed by atoms with Crippen molar-refractivity contribution in [1.29, 1.82) is 0 Å². The Labute approximate surface area is 82.6 Å². The molecule has 14 heavy (non-hydrogen) atoms. The van der Waals surface area contributed by atoms with E-state index in [0.717, 1.165) is 6.42 Å². The van der Waals surface area contributed by atoms with Crippen LogP contribution in [0.3, 0.4) is 0 Å². The van der Waals surface area contributed by atoms with Gasteiger partial charge in [0.05, 0.1) is 18.6 Å². The molecule has 0 radical (unpaired) electrons. The van der Waals surface area contributed by atoms with Gasteiger partial charge in [-0.25, -0.2) is 0 Å². The number of carbonyl (C=O) groups is 2. The first kappa shape index (κ1) is 9.65. The molecular formula is C10H14O4. The summed E-state index contributed by atoms with van der Waals surface area (Å²) in [5.41, 5.74) is -0.294. The lowest BCUT2D eigenvalue weighted by Crippen LogP contribution is -2.37. The van der Waals surface area contributed by atoms with Gasteiger partial charge < -0.3 is 9.47 Å². The molecule has 2 saturated heterocycles. The van der Waals surface area contributed by atoms with E-state index in [1.54, 1.807) is 0 Å². The predicted octanol–water partition coefficient (Wildman–Crippen LogP) is 0.686. The Bertz CT molecular complexity index is 286. The molecule has 0 N–H and O–H groups in total. The van der Waals surface area contributed by atoms with Crippen molar-refractivity contribution in [2.45, 2.75) is 37.9 Å². The molecule has 0 aliphatic carbocycles. The lowest BCUT2D eigenvalue weighted by molar-refractivity contribution is -0.155. The lowest BCUT2D eigenvalue weighted by atomic mass is 9.94. The van der Waals surface area contributed by atoms with Crippen molar-refractivity contribution in [2.75, 3.05) is 7.11 Å². The zero-order chi connectivity index (χ0) is 10.3. The van der Waals surface area contributed by atoms with Crippen LogP contribution in [0.4, 0.5) is 0 Å². The number of hydrogen-bond donors (Lipinski definition) is 0. The highest BCUT2D eigenvalue weighted by molar-refractivity contribution is 5.90. The molecule has 2 rings (SSSR count). The summed E-state index contributed by atoms with van der Waals surface area (Å²) in [5, 5.41) is 0. The first-order chi connectivity index (χ1) is 6.56. The molecule has 2 fully saturated rings. The minimum Gasteiger partial charge on any atom is -0.469 e. The molecule has 78 valence electrons. The van der Waals surface area contributed by atoms with Crippen LogP contribution in [0.1, 0.15) is 26.2 Å². The monoisotopic (exact) mass is 198 g/mol. The molecule has 2 aliphatic heterocycles. The number of esters is 1. The number of rotatable bonds is 1. The van der Waals surface area contributed by atoms with Gasteiger partial charge in [0.2, 0.25) is 0 Å². The number of ether oxygens (including phenoxy) is 2. The van der Waals surface area contributed by atoms with E-state index in [0.29, 0.717) is 12.8 Å². The van der Waals surface area contributed by atoms with Gasteiger partial charge >= 0.3 is 5.97 Å². The minimum atomic E-state index is -0.554. The number of hydrogen-bond acceptors (Lipinski definition) is 4. The largest absolute Gasteiger partial charge is 0.469 e. The lowest BCUT2D eigenvalue weighted by Gasteiger charge is -2.28. The maximum Gasteiger partial charge on any atom is 0.311 e. The van der Waals surface area contributed by atoms with E-state index >= 15 is 0 Å². The summed E-state index contributed by atoms with van der Waals surface area (Å²) in [6, 6.07) is 0. The highest BCUT2D eigenvalue weighted by Crippen LogP contribution is 2.43. The van der Waals surface area contributed by atoms with E-state index in [-0.39, 0.29) is 23.3 Å². The summed E-state index contributed by atoms with van der Waals surface area (Å²) in [6.07, 6.45) is 1.29. The van der Waals surface area contributed by atoms with Crippen LogP contribution in [0.5, 0.6) is 0 Å². The molecule has 0 saturated carbocycles. The minimum absolute atomic E-state index is 0.0374. The van der Waals surface area contributed by atoms with Crippen molar-refractivity contribution < 1.29 is 19.1 Å². The normalized spacial score (nSPS) is 41.1. The summed E-state index contributed by atoms with van der Waals surface area (Å²) < 4.78 is 10.2. The molecule has 0 aromatic carbocycles. The van der Waals surface area contributed by atoms with Crippen LogP contribution in [-0.4, -0.2) is 30.6 Å². The maximum atomic E-state index is 11.5. The quantitative estimate of drug-likeness (QED) is 0.581. The molecule has 0 unspecified atom stereocenters. The highest BCUT2D eigenvalue weighted by atomic mass is 16.5. The third kappa shape index (κ3) is 1.34. The predicted molar refractivity (Wildman–Crippen MR) is 47.6 cm³/mol. The van der Waals surface area contributed by atoms with Crippen molar-refractivity contribution in [3.8, 4) is 0 Å². The fraction of sp³-hybridized carbons (Fsp3) is 0.800. The van der Waals surface area contributed by atoms with E-state index < -0.39 is 6.10 Å². The Morgan fingerprint density at radius 2 is 2.36 bits per heavy atom. The molecule has 0 amide bonds. The molecule has 4 nitrogen and oxygen atoms in total. The molecule has 2 heterocycles. The number of methoxy groups -OCH3 is 1. The maximum absolute atomic E-state index is 11.5. The molecule has 2 bridgehead atoms. The van der Waals surface area contributed by atoms with Crippen LogP contribution in [-0.2, 0) is 19.1 Å². The summed E-state index contributed by atoms with van der Waals surface area (Å²) in [5.74, 6) is -0.677. The summed E-state index contributed by atoms with van der Waals surface area (Å²) in [6.45, 7) is 1.95. The Morgan fingerprint density at radius 1 is 1.64 bits per heavy atom. The van der Waals surface area contributed by atoms with Crippen molar-refractivity contribution in [3.05, 3.63) is 0 Å². The Hall–Kier alpha value is -0.900. The average molecular weight is 198 g/mol. The van der Waals surface area contributed by atoms with Crippen molar-refractivity contribution in [2.24, 2.45) is 5.92 Å².